The van der Waals surface area contributed by atoms with Crippen LogP contribution in [-0.2, 0) is 13.6 Å². The van der Waals surface area contributed by atoms with Crippen molar-refractivity contribution in [3.05, 3.63) is 48.0 Å². The lowest BCUT2D eigenvalue weighted by atomic mass is 10.1. The summed E-state index contributed by atoms with van der Waals surface area (Å²) in [7, 11) is -3.89. The summed E-state index contributed by atoms with van der Waals surface area (Å²) in [5, 5.41) is 1.89. The second kappa shape index (κ2) is 6.91. The van der Waals surface area contributed by atoms with Crippen LogP contribution in [0.3, 0.4) is 0 Å². The molecule has 0 saturated heterocycles. The maximum Gasteiger partial charge on any atom is 0.369 e. The van der Waals surface area contributed by atoms with Crippen LogP contribution in [0.2, 0.25) is 0 Å². The maximum absolute atomic E-state index is 14.9. The molecule has 0 heterocycles. The number of hydrogen-bond acceptors (Lipinski definition) is 3. The molecule has 2 aromatic rings. The summed E-state index contributed by atoms with van der Waals surface area (Å²) in [6, 6.07) is 12.8. The van der Waals surface area contributed by atoms with Crippen LogP contribution < -0.4 is 0 Å². The summed E-state index contributed by atoms with van der Waals surface area (Å²) < 4.78 is 38.4. The molecule has 0 spiro atoms. The van der Waals surface area contributed by atoms with Gasteiger partial charge < -0.3 is 9.05 Å². The molecule has 1 atom stereocenters. The third-order valence-electron chi connectivity index (χ3n) is 3.04. The van der Waals surface area contributed by atoms with E-state index in [9.17, 15) is 8.96 Å². The van der Waals surface area contributed by atoms with Gasteiger partial charge in [-0.2, -0.15) is 0 Å². The van der Waals surface area contributed by atoms with Crippen molar-refractivity contribution in [2.75, 3.05) is 0 Å². The first kappa shape index (κ1) is 17.1. The van der Waals surface area contributed by atoms with Gasteiger partial charge in [0.1, 0.15) is 0 Å². The highest BCUT2D eigenvalue weighted by molar-refractivity contribution is 7.54. The molecule has 0 N–H and O–H groups in total. The highest BCUT2D eigenvalue weighted by Gasteiger charge is 2.39. The van der Waals surface area contributed by atoms with Crippen molar-refractivity contribution in [2.24, 2.45) is 0 Å². The lowest BCUT2D eigenvalue weighted by Crippen LogP contribution is -2.11. The van der Waals surface area contributed by atoms with Gasteiger partial charge in [0.2, 0.25) is 5.91 Å². The van der Waals surface area contributed by atoms with Gasteiger partial charge in [-0.15, -0.1) is 0 Å². The van der Waals surface area contributed by atoms with E-state index in [1.165, 1.54) is 0 Å². The summed E-state index contributed by atoms with van der Waals surface area (Å²) in [6.45, 7) is 6.85. The van der Waals surface area contributed by atoms with E-state index in [0.29, 0.717) is 5.56 Å². The quantitative estimate of drug-likeness (QED) is 0.625. The lowest BCUT2D eigenvalue weighted by Gasteiger charge is -2.25. The molecule has 0 fully saturated rings. The summed E-state index contributed by atoms with van der Waals surface area (Å²) in [5.74, 6) is -1.80. The lowest BCUT2D eigenvalue weighted by molar-refractivity contribution is 0.123. The number of benzene rings is 2. The average molecular weight is 324 g/mol. The van der Waals surface area contributed by atoms with E-state index in [0.717, 1.165) is 10.8 Å². The number of halogens is 1. The Kier molecular flexibility index (Phi) is 5.38. The SMILES string of the molecule is CC(C)OP(=O)(OC(C)C)C(F)c1ccc2ccccc2c1. The molecule has 1 unspecified atom stereocenters. The van der Waals surface area contributed by atoms with Crippen molar-refractivity contribution in [1.82, 2.24) is 0 Å². The second-order valence-corrected chi connectivity index (χ2v) is 7.75. The third-order valence-corrected chi connectivity index (χ3v) is 5.33. The summed E-state index contributed by atoms with van der Waals surface area (Å²) in [6.07, 6.45) is -0.772. The van der Waals surface area contributed by atoms with Crippen LogP contribution in [0.5, 0.6) is 0 Å². The molecule has 22 heavy (non-hydrogen) atoms. The number of hydrogen-bond donors (Lipinski definition) is 0. The first-order valence-corrected chi connectivity index (χ1v) is 9.02. The predicted octanol–water partition coefficient (Wildman–Crippen LogP) is 5.85. The van der Waals surface area contributed by atoms with E-state index in [2.05, 4.69) is 0 Å². The minimum atomic E-state index is -3.89. The second-order valence-electron chi connectivity index (χ2n) is 5.79. The van der Waals surface area contributed by atoms with Crippen molar-refractivity contribution in [3.8, 4) is 0 Å². The molecule has 0 aliphatic rings. The third kappa shape index (κ3) is 3.95. The van der Waals surface area contributed by atoms with Crippen LogP contribution in [0.25, 0.3) is 10.8 Å². The Balaban J connectivity index is 2.39. The first-order chi connectivity index (χ1) is 10.3. The fraction of sp³-hybridized carbons (Fsp3) is 0.412. The standard InChI is InChI=1S/C17H22FO3P/c1-12(2)20-22(19,21-13(3)4)17(18)16-10-9-14-7-5-6-8-15(14)11-16/h5-13,17H,1-4H3. The Labute approximate surface area is 131 Å². The summed E-state index contributed by atoms with van der Waals surface area (Å²) in [5.41, 5.74) is 0.309. The molecule has 3 nitrogen and oxygen atoms in total. The normalized spacial score (nSPS) is 14.0. The van der Waals surface area contributed by atoms with Gasteiger partial charge in [0.25, 0.3) is 0 Å². The Morgan fingerprint density at radius 2 is 1.45 bits per heavy atom. The first-order valence-electron chi connectivity index (χ1n) is 7.41. The Morgan fingerprint density at radius 3 is 2.00 bits per heavy atom. The minimum absolute atomic E-state index is 0.309. The number of fused-ring (bicyclic) bond motifs is 1. The minimum Gasteiger partial charge on any atom is -0.304 e. The largest absolute Gasteiger partial charge is 0.369 e. The van der Waals surface area contributed by atoms with E-state index < -0.39 is 13.5 Å². The molecule has 5 heteroatoms. The fourth-order valence-electron chi connectivity index (χ4n) is 2.26. The zero-order valence-electron chi connectivity index (χ0n) is 13.3. The maximum atomic E-state index is 14.9. The number of rotatable bonds is 6. The topological polar surface area (TPSA) is 35.5 Å². The molecular weight excluding hydrogens is 302 g/mol. The average Bonchev–Trinajstić information content (AvgIpc) is 2.44. The van der Waals surface area contributed by atoms with Crippen LogP contribution in [0.1, 0.15) is 39.2 Å². The predicted molar refractivity (Wildman–Crippen MR) is 87.8 cm³/mol. The van der Waals surface area contributed by atoms with Crippen LogP contribution in [0.4, 0.5) is 4.39 Å². The van der Waals surface area contributed by atoms with Crippen LogP contribution >= 0.6 is 7.60 Å². The van der Waals surface area contributed by atoms with Crippen molar-refractivity contribution < 1.29 is 18.0 Å². The van der Waals surface area contributed by atoms with Crippen LogP contribution in [0.15, 0.2) is 42.5 Å². The number of alkyl halides is 1. The molecule has 0 aromatic heterocycles. The Bertz CT molecular complexity index is 670. The molecule has 0 aliphatic heterocycles. The monoisotopic (exact) mass is 324 g/mol. The zero-order valence-corrected chi connectivity index (χ0v) is 14.2. The van der Waals surface area contributed by atoms with E-state index >= 15 is 0 Å². The van der Waals surface area contributed by atoms with Crippen LogP contribution in [-0.4, -0.2) is 12.2 Å². The highest BCUT2D eigenvalue weighted by Crippen LogP contribution is 2.63. The fourth-order valence-corrected chi connectivity index (χ4v) is 4.22. The molecule has 0 saturated carbocycles. The van der Waals surface area contributed by atoms with Gasteiger partial charge in [0.15, 0.2) is 0 Å². The van der Waals surface area contributed by atoms with Crippen molar-refractivity contribution in [2.45, 2.75) is 45.8 Å². The smallest absolute Gasteiger partial charge is 0.304 e. The molecule has 0 bridgehead atoms. The summed E-state index contributed by atoms with van der Waals surface area (Å²) >= 11 is 0. The Hall–Kier alpha value is -1.22. The van der Waals surface area contributed by atoms with E-state index in [4.69, 9.17) is 9.05 Å². The zero-order chi connectivity index (χ0) is 16.3. The summed E-state index contributed by atoms with van der Waals surface area (Å²) in [4.78, 5) is 0. The van der Waals surface area contributed by atoms with Gasteiger partial charge >= 0.3 is 7.60 Å². The van der Waals surface area contributed by atoms with Gasteiger partial charge in [0.05, 0.1) is 12.2 Å². The molecule has 2 rings (SSSR count). The van der Waals surface area contributed by atoms with Crippen molar-refractivity contribution in [3.63, 3.8) is 0 Å². The van der Waals surface area contributed by atoms with Crippen LogP contribution in [0, 0.1) is 0 Å². The van der Waals surface area contributed by atoms with Gasteiger partial charge in [-0.05, 0) is 50.1 Å². The molecule has 0 aliphatic carbocycles. The van der Waals surface area contributed by atoms with Gasteiger partial charge in [0, 0.05) is 0 Å². The van der Waals surface area contributed by atoms with E-state index in [-0.39, 0.29) is 12.2 Å². The van der Waals surface area contributed by atoms with Gasteiger partial charge in [-0.1, -0.05) is 36.4 Å². The van der Waals surface area contributed by atoms with E-state index in [1.54, 1.807) is 39.8 Å². The molecule has 0 radical (unpaired) electrons. The van der Waals surface area contributed by atoms with Gasteiger partial charge in [-0.25, -0.2) is 4.39 Å². The van der Waals surface area contributed by atoms with Crippen molar-refractivity contribution in [1.29, 1.82) is 0 Å². The van der Waals surface area contributed by atoms with E-state index in [1.807, 2.05) is 30.3 Å². The highest BCUT2D eigenvalue weighted by atomic mass is 31.2. The molecule has 0 amide bonds. The Morgan fingerprint density at radius 1 is 0.909 bits per heavy atom. The molecular formula is C17H22FO3P. The molecule has 120 valence electrons. The molecule has 2 aromatic carbocycles. The van der Waals surface area contributed by atoms with Gasteiger partial charge in [-0.3, -0.25) is 4.57 Å². The van der Waals surface area contributed by atoms with Crippen molar-refractivity contribution >= 4 is 18.4 Å².